The Bertz CT molecular complexity index is 421. The first kappa shape index (κ1) is 15.5. The number of nitrogens with one attached hydrogen (secondary N) is 1. The van der Waals surface area contributed by atoms with Crippen LogP contribution >= 0.6 is 0 Å². The Balaban J connectivity index is 2.03. The molecule has 1 aliphatic heterocycles. The molecule has 1 saturated heterocycles. The van der Waals surface area contributed by atoms with E-state index >= 15 is 0 Å². The van der Waals surface area contributed by atoms with E-state index in [1.807, 2.05) is 0 Å². The summed E-state index contributed by atoms with van der Waals surface area (Å²) in [5.74, 6) is 0. The molecule has 1 heterocycles. The Morgan fingerprint density at radius 2 is 2.30 bits per heavy atom. The van der Waals surface area contributed by atoms with Crippen molar-refractivity contribution in [1.29, 1.82) is 0 Å². The quantitative estimate of drug-likeness (QED) is 0.777. The highest BCUT2D eigenvalue weighted by molar-refractivity contribution is 5.24. The highest BCUT2D eigenvalue weighted by Gasteiger charge is 2.41. The van der Waals surface area contributed by atoms with Crippen molar-refractivity contribution >= 4 is 0 Å². The molecular formula is C17H27NO2. The Kier molecular flexibility index (Phi) is 5.58. The average Bonchev–Trinajstić information content (AvgIpc) is 2.77. The van der Waals surface area contributed by atoms with Crippen molar-refractivity contribution in [1.82, 2.24) is 5.32 Å². The molecule has 20 heavy (non-hydrogen) atoms. The molecular weight excluding hydrogens is 250 g/mol. The summed E-state index contributed by atoms with van der Waals surface area (Å²) in [6.45, 7) is 7.89. The van der Waals surface area contributed by atoms with E-state index in [0.29, 0.717) is 6.10 Å². The summed E-state index contributed by atoms with van der Waals surface area (Å²) in [6.07, 6.45) is 2.51. The van der Waals surface area contributed by atoms with Gasteiger partial charge in [-0.1, -0.05) is 29.8 Å². The minimum atomic E-state index is 0.210. The predicted octanol–water partition coefficient (Wildman–Crippen LogP) is 2.57. The Hall–Kier alpha value is -0.900. The number of hydrogen-bond acceptors (Lipinski definition) is 3. The van der Waals surface area contributed by atoms with E-state index in [9.17, 15) is 0 Å². The molecule has 0 radical (unpaired) electrons. The van der Waals surface area contributed by atoms with Gasteiger partial charge in [0.2, 0.25) is 0 Å². The zero-order valence-corrected chi connectivity index (χ0v) is 12.9. The van der Waals surface area contributed by atoms with Gasteiger partial charge in [-0.3, -0.25) is 0 Å². The molecule has 0 spiro atoms. The molecule has 1 N–H and O–H groups in total. The van der Waals surface area contributed by atoms with Crippen molar-refractivity contribution in [3.8, 4) is 0 Å². The van der Waals surface area contributed by atoms with Gasteiger partial charge in [0.25, 0.3) is 0 Å². The summed E-state index contributed by atoms with van der Waals surface area (Å²) in [6, 6.07) is 8.83. The lowest BCUT2D eigenvalue weighted by molar-refractivity contribution is 0.0619. The van der Waals surface area contributed by atoms with Crippen LogP contribution in [0.2, 0.25) is 0 Å². The van der Waals surface area contributed by atoms with Crippen LogP contribution in [0.4, 0.5) is 0 Å². The molecule has 1 fully saturated rings. The van der Waals surface area contributed by atoms with E-state index in [-0.39, 0.29) is 5.41 Å². The Morgan fingerprint density at radius 1 is 1.45 bits per heavy atom. The smallest absolute Gasteiger partial charge is 0.0619 e. The molecule has 3 nitrogen and oxygen atoms in total. The minimum absolute atomic E-state index is 0.210. The molecule has 3 heteroatoms. The fourth-order valence-electron chi connectivity index (χ4n) is 3.09. The lowest BCUT2D eigenvalue weighted by atomic mass is 9.76. The summed E-state index contributed by atoms with van der Waals surface area (Å²) in [4.78, 5) is 0. The molecule has 112 valence electrons. The molecule has 0 amide bonds. The molecule has 0 saturated carbocycles. The van der Waals surface area contributed by atoms with Crippen LogP contribution in [-0.4, -0.2) is 39.5 Å². The van der Waals surface area contributed by atoms with E-state index in [1.54, 1.807) is 7.11 Å². The molecule has 1 aromatic carbocycles. The second-order valence-corrected chi connectivity index (χ2v) is 5.96. The average molecular weight is 277 g/mol. The van der Waals surface area contributed by atoms with Crippen LogP contribution in [0.1, 0.15) is 24.5 Å². The van der Waals surface area contributed by atoms with Gasteiger partial charge in [0.05, 0.1) is 12.7 Å². The first-order valence-electron chi connectivity index (χ1n) is 7.53. The lowest BCUT2D eigenvalue weighted by Crippen LogP contribution is -2.42. The number of hydrogen-bond donors (Lipinski definition) is 1. The number of aryl methyl sites for hydroxylation is 1. The van der Waals surface area contributed by atoms with Crippen molar-refractivity contribution in [3.05, 3.63) is 35.4 Å². The van der Waals surface area contributed by atoms with E-state index in [1.165, 1.54) is 11.1 Å². The van der Waals surface area contributed by atoms with Crippen LogP contribution in [0, 0.1) is 12.3 Å². The van der Waals surface area contributed by atoms with Gasteiger partial charge in [0, 0.05) is 32.2 Å². The maximum Gasteiger partial charge on any atom is 0.0619 e. The first-order valence-corrected chi connectivity index (χ1v) is 7.53. The fourth-order valence-corrected chi connectivity index (χ4v) is 3.09. The van der Waals surface area contributed by atoms with Gasteiger partial charge in [0.15, 0.2) is 0 Å². The summed E-state index contributed by atoms with van der Waals surface area (Å²) < 4.78 is 11.0. The van der Waals surface area contributed by atoms with Crippen LogP contribution < -0.4 is 5.32 Å². The van der Waals surface area contributed by atoms with Crippen LogP contribution in [0.15, 0.2) is 24.3 Å². The molecule has 1 aromatic rings. The number of benzene rings is 1. The largest absolute Gasteiger partial charge is 0.383 e. The van der Waals surface area contributed by atoms with E-state index in [0.717, 1.165) is 39.1 Å². The second kappa shape index (κ2) is 7.21. The third kappa shape index (κ3) is 3.81. The van der Waals surface area contributed by atoms with Crippen molar-refractivity contribution in [2.75, 3.05) is 33.4 Å². The van der Waals surface area contributed by atoms with Crippen LogP contribution in [0.25, 0.3) is 0 Å². The van der Waals surface area contributed by atoms with E-state index < -0.39 is 0 Å². The minimum Gasteiger partial charge on any atom is -0.383 e. The summed E-state index contributed by atoms with van der Waals surface area (Å²) >= 11 is 0. The van der Waals surface area contributed by atoms with E-state index in [2.05, 4.69) is 43.4 Å². The molecule has 1 aliphatic rings. The third-order valence-electron chi connectivity index (χ3n) is 4.43. The lowest BCUT2D eigenvalue weighted by Gasteiger charge is -2.33. The highest BCUT2D eigenvalue weighted by atomic mass is 16.5. The van der Waals surface area contributed by atoms with Gasteiger partial charge in [-0.25, -0.2) is 0 Å². The van der Waals surface area contributed by atoms with Gasteiger partial charge in [-0.05, 0) is 32.3 Å². The summed E-state index contributed by atoms with van der Waals surface area (Å²) in [7, 11) is 1.74. The monoisotopic (exact) mass is 277 g/mol. The third-order valence-corrected chi connectivity index (χ3v) is 4.43. The van der Waals surface area contributed by atoms with Crippen LogP contribution in [0.3, 0.4) is 0 Å². The van der Waals surface area contributed by atoms with Crippen molar-refractivity contribution in [2.45, 2.75) is 32.8 Å². The van der Waals surface area contributed by atoms with Gasteiger partial charge in [-0.15, -0.1) is 0 Å². The summed E-state index contributed by atoms with van der Waals surface area (Å²) in [5, 5.41) is 3.53. The van der Waals surface area contributed by atoms with Gasteiger partial charge in [0.1, 0.15) is 0 Å². The van der Waals surface area contributed by atoms with Crippen LogP contribution in [-0.2, 0) is 15.9 Å². The predicted molar refractivity (Wildman–Crippen MR) is 82.1 cm³/mol. The number of methoxy groups -OCH3 is 1. The molecule has 2 atom stereocenters. The van der Waals surface area contributed by atoms with Gasteiger partial charge < -0.3 is 14.8 Å². The first-order chi connectivity index (χ1) is 9.66. The maximum absolute atomic E-state index is 5.86. The second-order valence-electron chi connectivity index (χ2n) is 5.96. The zero-order chi connectivity index (χ0) is 14.4. The number of ether oxygens (including phenoxy) is 2. The topological polar surface area (TPSA) is 30.5 Å². The SMILES string of the molecule is COCCNCC1(Cc2cccc(C)c2)CCOC1C. The van der Waals surface area contributed by atoms with Gasteiger partial charge >= 0.3 is 0 Å². The molecule has 0 aliphatic carbocycles. The standard InChI is InChI=1S/C17H27NO2/c1-14-5-4-6-16(11-14)12-17(7-9-20-15(17)2)13-18-8-10-19-3/h4-6,11,15,18H,7-10,12-13H2,1-3H3. The molecule has 2 unspecified atom stereocenters. The molecule has 2 rings (SSSR count). The Labute approximate surface area is 122 Å². The normalized spacial score (nSPS) is 26.1. The van der Waals surface area contributed by atoms with Gasteiger partial charge in [-0.2, -0.15) is 0 Å². The van der Waals surface area contributed by atoms with Crippen LogP contribution in [0.5, 0.6) is 0 Å². The highest BCUT2D eigenvalue weighted by Crippen LogP contribution is 2.37. The van der Waals surface area contributed by atoms with E-state index in [4.69, 9.17) is 9.47 Å². The van der Waals surface area contributed by atoms with Crippen molar-refractivity contribution < 1.29 is 9.47 Å². The van der Waals surface area contributed by atoms with Crippen molar-refractivity contribution in [3.63, 3.8) is 0 Å². The fraction of sp³-hybridized carbons (Fsp3) is 0.647. The molecule has 0 bridgehead atoms. The van der Waals surface area contributed by atoms with Crippen molar-refractivity contribution in [2.24, 2.45) is 5.41 Å². The zero-order valence-electron chi connectivity index (χ0n) is 12.9. The number of rotatable bonds is 7. The molecule has 0 aromatic heterocycles. The summed E-state index contributed by atoms with van der Waals surface area (Å²) in [5.41, 5.74) is 2.95. The maximum atomic E-state index is 5.86. The Morgan fingerprint density at radius 3 is 2.95 bits per heavy atom.